The first-order valence-electron chi connectivity index (χ1n) is 7.55. The van der Waals surface area contributed by atoms with E-state index in [1.54, 1.807) is 72.8 Å². The molecule has 0 radical (unpaired) electrons. The number of nitrogens with zero attached hydrogens (tertiary/aromatic N) is 2. The van der Waals surface area contributed by atoms with Gasteiger partial charge in [0.15, 0.2) is 0 Å². The molecule has 0 aliphatic heterocycles. The zero-order chi connectivity index (χ0) is 17.6. The van der Waals surface area contributed by atoms with Gasteiger partial charge in [0.2, 0.25) is 0 Å². The van der Waals surface area contributed by atoms with Gasteiger partial charge in [-0.1, -0.05) is 0 Å². The third-order valence-electron chi connectivity index (χ3n) is 3.37. The number of anilines is 2. The summed E-state index contributed by atoms with van der Waals surface area (Å²) >= 11 is 0. The Hall–Kier alpha value is -3.67. The molecule has 3 rings (SSSR count). The van der Waals surface area contributed by atoms with Crippen molar-refractivity contribution in [3.63, 3.8) is 0 Å². The summed E-state index contributed by atoms with van der Waals surface area (Å²) in [7, 11) is 0. The van der Waals surface area contributed by atoms with Crippen molar-refractivity contribution in [1.29, 1.82) is 0 Å². The van der Waals surface area contributed by atoms with Gasteiger partial charge in [-0.3, -0.25) is 0 Å². The number of esters is 1. The molecule has 124 valence electrons. The quantitative estimate of drug-likeness (QED) is 0.318. The third-order valence-corrected chi connectivity index (χ3v) is 3.37. The van der Waals surface area contributed by atoms with E-state index in [2.05, 4.69) is 10.2 Å². The predicted molar refractivity (Wildman–Crippen MR) is 97.3 cm³/mol. The second-order valence-electron chi connectivity index (χ2n) is 5.30. The maximum Gasteiger partial charge on any atom is 0.343 e. The molecule has 0 amide bonds. The van der Waals surface area contributed by atoms with Crippen molar-refractivity contribution < 1.29 is 9.53 Å². The molecular weight excluding hydrogens is 316 g/mol. The first-order valence-corrected chi connectivity index (χ1v) is 7.55. The lowest BCUT2D eigenvalue weighted by Crippen LogP contribution is -2.08. The lowest BCUT2D eigenvalue weighted by molar-refractivity contribution is 0.0735. The van der Waals surface area contributed by atoms with Crippen LogP contribution in [0.2, 0.25) is 0 Å². The van der Waals surface area contributed by atoms with Gasteiger partial charge in [0.25, 0.3) is 0 Å². The molecule has 25 heavy (non-hydrogen) atoms. The minimum Gasteiger partial charge on any atom is -0.423 e. The predicted octanol–water partition coefficient (Wildman–Crippen LogP) is 4.49. The Kier molecular flexibility index (Phi) is 4.71. The number of nitrogens with two attached hydrogens (primary N) is 2. The summed E-state index contributed by atoms with van der Waals surface area (Å²) in [6.45, 7) is 0. The molecule has 0 aliphatic rings. The lowest BCUT2D eigenvalue weighted by atomic mass is 10.2. The molecule has 0 fully saturated rings. The number of nitrogen functional groups attached to an aromatic ring is 2. The standard InChI is InChI=1S/C19H16N4O2/c20-14-3-1-13(2-4-14)19(24)25-18-11-9-17(10-12-18)23-22-16-7-5-15(21)6-8-16/h1-12H,20-21H2. The number of hydrogen-bond acceptors (Lipinski definition) is 6. The highest BCUT2D eigenvalue weighted by molar-refractivity contribution is 5.91. The van der Waals surface area contributed by atoms with Crippen LogP contribution in [0.1, 0.15) is 10.4 Å². The van der Waals surface area contributed by atoms with Crippen molar-refractivity contribution >= 4 is 28.7 Å². The SMILES string of the molecule is Nc1ccc(N=Nc2ccc(OC(=O)c3ccc(N)cc3)cc2)cc1. The second kappa shape index (κ2) is 7.27. The third kappa shape index (κ3) is 4.42. The molecule has 6 nitrogen and oxygen atoms in total. The summed E-state index contributed by atoms with van der Waals surface area (Å²) in [4.78, 5) is 12.0. The van der Waals surface area contributed by atoms with Crippen molar-refractivity contribution in [2.45, 2.75) is 0 Å². The van der Waals surface area contributed by atoms with Gasteiger partial charge in [-0.25, -0.2) is 4.79 Å². The maximum atomic E-state index is 12.0. The molecular formula is C19H16N4O2. The van der Waals surface area contributed by atoms with Crippen LogP contribution in [-0.2, 0) is 0 Å². The van der Waals surface area contributed by atoms with Gasteiger partial charge in [-0.2, -0.15) is 10.2 Å². The van der Waals surface area contributed by atoms with Crippen LogP contribution in [0.5, 0.6) is 5.75 Å². The van der Waals surface area contributed by atoms with Gasteiger partial charge >= 0.3 is 5.97 Å². The Labute approximate surface area is 144 Å². The molecule has 6 heteroatoms. The van der Waals surface area contributed by atoms with Crippen LogP contribution in [0.4, 0.5) is 22.7 Å². The molecule has 3 aromatic carbocycles. The number of azo groups is 1. The van der Waals surface area contributed by atoms with Gasteiger partial charge in [-0.15, -0.1) is 0 Å². The van der Waals surface area contributed by atoms with Gasteiger partial charge in [0, 0.05) is 11.4 Å². The van der Waals surface area contributed by atoms with Gasteiger partial charge in [0.05, 0.1) is 16.9 Å². The second-order valence-corrected chi connectivity index (χ2v) is 5.30. The van der Waals surface area contributed by atoms with Crippen LogP contribution in [0.3, 0.4) is 0 Å². The Balaban J connectivity index is 1.64. The summed E-state index contributed by atoms with van der Waals surface area (Å²) in [6, 6.07) is 20.4. The van der Waals surface area contributed by atoms with Crippen LogP contribution in [0, 0.1) is 0 Å². The minimum atomic E-state index is -0.448. The van der Waals surface area contributed by atoms with Crippen molar-refractivity contribution in [1.82, 2.24) is 0 Å². The number of benzene rings is 3. The summed E-state index contributed by atoms with van der Waals surface area (Å²) in [5, 5.41) is 8.24. The molecule has 0 unspecified atom stereocenters. The van der Waals surface area contributed by atoms with Gasteiger partial charge in [0.1, 0.15) is 5.75 Å². The Bertz CT molecular complexity index is 886. The van der Waals surface area contributed by atoms with E-state index in [-0.39, 0.29) is 0 Å². The fraction of sp³-hybridized carbons (Fsp3) is 0. The topological polar surface area (TPSA) is 103 Å². The summed E-state index contributed by atoms with van der Waals surface area (Å²) in [5.74, 6) is -0.0236. The average molecular weight is 332 g/mol. The number of carbonyl (C=O) groups excluding carboxylic acids is 1. The van der Waals surface area contributed by atoms with Crippen LogP contribution < -0.4 is 16.2 Å². The molecule has 0 aliphatic carbocycles. The Morgan fingerprint density at radius 2 is 1.12 bits per heavy atom. The van der Waals surface area contributed by atoms with E-state index < -0.39 is 5.97 Å². The Morgan fingerprint density at radius 3 is 1.64 bits per heavy atom. The first-order chi connectivity index (χ1) is 12.1. The molecule has 0 bridgehead atoms. The first kappa shape index (κ1) is 16.2. The summed E-state index contributed by atoms with van der Waals surface area (Å²) < 4.78 is 5.31. The summed E-state index contributed by atoms with van der Waals surface area (Å²) in [6.07, 6.45) is 0. The van der Waals surface area contributed by atoms with Crippen molar-refractivity contribution in [2.75, 3.05) is 11.5 Å². The fourth-order valence-corrected chi connectivity index (χ4v) is 2.02. The summed E-state index contributed by atoms with van der Waals surface area (Å²) in [5.41, 5.74) is 14.3. The zero-order valence-electron chi connectivity index (χ0n) is 13.3. The molecule has 0 heterocycles. The smallest absolute Gasteiger partial charge is 0.343 e. The molecule has 0 spiro atoms. The Morgan fingerprint density at radius 1 is 0.680 bits per heavy atom. The number of hydrogen-bond donors (Lipinski definition) is 2. The molecule has 0 saturated heterocycles. The van der Waals surface area contributed by atoms with E-state index in [0.29, 0.717) is 34.1 Å². The van der Waals surface area contributed by atoms with Crippen LogP contribution in [0.25, 0.3) is 0 Å². The minimum absolute atomic E-state index is 0.424. The van der Waals surface area contributed by atoms with Gasteiger partial charge < -0.3 is 16.2 Å². The molecule has 3 aromatic rings. The van der Waals surface area contributed by atoms with E-state index in [1.807, 2.05) is 0 Å². The van der Waals surface area contributed by atoms with Crippen LogP contribution in [0.15, 0.2) is 83.0 Å². The fourth-order valence-electron chi connectivity index (χ4n) is 2.02. The lowest BCUT2D eigenvalue weighted by Gasteiger charge is -2.04. The highest BCUT2D eigenvalue weighted by Gasteiger charge is 2.08. The molecule has 4 N–H and O–H groups in total. The largest absolute Gasteiger partial charge is 0.423 e. The van der Waals surface area contributed by atoms with E-state index >= 15 is 0 Å². The van der Waals surface area contributed by atoms with E-state index in [1.165, 1.54) is 0 Å². The normalized spacial score (nSPS) is 10.7. The number of ether oxygens (including phenoxy) is 1. The highest BCUT2D eigenvalue weighted by atomic mass is 16.5. The van der Waals surface area contributed by atoms with Crippen molar-refractivity contribution in [2.24, 2.45) is 10.2 Å². The number of carbonyl (C=O) groups is 1. The highest BCUT2D eigenvalue weighted by Crippen LogP contribution is 2.22. The van der Waals surface area contributed by atoms with Gasteiger partial charge in [-0.05, 0) is 72.8 Å². The van der Waals surface area contributed by atoms with E-state index in [0.717, 1.165) is 0 Å². The van der Waals surface area contributed by atoms with Crippen molar-refractivity contribution in [3.8, 4) is 5.75 Å². The maximum absolute atomic E-state index is 12.0. The zero-order valence-corrected chi connectivity index (χ0v) is 13.3. The van der Waals surface area contributed by atoms with Crippen LogP contribution >= 0.6 is 0 Å². The molecule has 0 atom stereocenters. The molecule has 0 aromatic heterocycles. The van der Waals surface area contributed by atoms with Crippen LogP contribution in [-0.4, -0.2) is 5.97 Å². The van der Waals surface area contributed by atoms with E-state index in [4.69, 9.17) is 16.2 Å². The molecule has 0 saturated carbocycles. The number of rotatable bonds is 4. The monoisotopic (exact) mass is 332 g/mol. The average Bonchev–Trinajstić information content (AvgIpc) is 2.63. The van der Waals surface area contributed by atoms with E-state index in [9.17, 15) is 4.79 Å². The van der Waals surface area contributed by atoms with Crippen molar-refractivity contribution in [3.05, 3.63) is 78.4 Å².